The van der Waals surface area contributed by atoms with Crippen LogP contribution in [0.2, 0.25) is 0 Å². The van der Waals surface area contributed by atoms with Crippen LogP contribution in [-0.4, -0.2) is 52.7 Å². The van der Waals surface area contributed by atoms with E-state index in [1.54, 1.807) is 24.5 Å². The molecule has 4 rings (SSSR count). The fraction of sp³-hybridized carbons (Fsp3) is 0.318. The summed E-state index contributed by atoms with van der Waals surface area (Å²) in [6.45, 7) is 1.43. The first-order valence-electron chi connectivity index (χ1n) is 10.00. The second kappa shape index (κ2) is 9.68. The van der Waals surface area contributed by atoms with Crippen molar-refractivity contribution in [2.75, 3.05) is 26.1 Å². The van der Waals surface area contributed by atoms with Gasteiger partial charge in [-0.1, -0.05) is 6.07 Å². The SMILES string of the molecule is CSc1cc(F)ccc1CNC(=O)c1c(O)c2ncccc2n(CC2COCCO2)c1=O. The van der Waals surface area contributed by atoms with E-state index >= 15 is 0 Å². The Morgan fingerprint density at radius 1 is 1.38 bits per heavy atom. The molecule has 0 bridgehead atoms. The van der Waals surface area contributed by atoms with Gasteiger partial charge in [0, 0.05) is 17.6 Å². The largest absolute Gasteiger partial charge is 0.505 e. The summed E-state index contributed by atoms with van der Waals surface area (Å²) in [4.78, 5) is 31.1. The van der Waals surface area contributed by atoms with Crippen molar-refractivity contribution in [1.29, 1.82) is 0 Å². The van der Waals surface area contributed by atoms with Crippen LogP contribution < -0.4 is 10.9 Å². The highest BCUT2D eigenvalue weighted by atomic mass is 32.2. The number of carbonyl (C=O) groups excluding carboxylic acids is 1. The minimum atomic E-state index is -0.744. The van der Waals surface area contributed by atoms with E-state index in [2.05, 4.69) is 10.3 Å². The highest BCUT2D eigenvalue weighted by Crippen LogP contribution is 2.25. The molecular weight excluding hydrogens is 437 g/mol. The van der Waals surface area contributed by atoms with Crippen LogP contribution in [-0.2, 0) is 22.6 Å². The number of thioether (sulfide) groups is 1. The third kappa shape index (κ3) is 4.47. The molecule has 0 aliphatic carbocycles. The number of hydrogen-bond donors (Lipinski definition) is 2. The normalized spacial score (nSPS) is 16.2. The number of amides is 1. The lowest BCUT2D eigenvalue weighted by atomic mass is 10.1. The van der Waals surface area contributed by atoms with Crippen LogP contribution in [0.5, 0.6) is 5.75 Å². The van der Waals surface area contributed by atoms with Crippen molar-refractivity contribution in [3.63, 3.8) is 0 Å². The van der Waals surface area contributed by atoms with Crippen LogP contribution in [0, 0.1) is 5.82 Å². The standard InChI is InChI=1S/C22H22FN3O5S/c1-32-17-9-14(23)5-4-13(17)10-25-21(28)18-20(27)19-16(3-2-6-24-19)26(22(18)29)11-15-12-30-7-8-31-15/h2-6,9,15,27H,7-8,10-12H2,1H3,(H,25,28). The van der Waals surface area contributed by atoms with Crippen molar-refractivity contribution < 1.29 is 23.8 Å². The van der Waals surface area contributed by atoms with Crippen LogP contribution in [0.3, 0.4) is 0 Å². The number of benzene rings is 1. The first kappa shape index (κ1) is 22.3. The highest BCUT2D eigenvalue weighted by Gasteiger charge is 2.25. The van der Waals surface area contributed by atoms with Gasteiger partial charge in [0.2, 0.25) is 0 Å². The van der Waals surface area contributed by atoms with Gasteiger partial charge in [0.25, 0.3) is 11.5 Å². The minimum absolute atomic E-state index is 0.0635. The Hall–Kier alpha value is -2.95. The molecule has 3 aromatic rings. The summed E-state index contributed by atoms with van der Waals surface area (Å²) in [6.07, 6.45) is 2.91. The van der Waals surface area contributed by atoms with E-state index in [9.17, 15) is 19.1 Å². The topological polar surface area (TPSA) is 103 Å². The van der Waals surface area contributed by atoms with E-state index in [0.717, 1.165) is 0 Å². The number of pyridine rings is 2. The molecule has 1 amide bonds. The molecule has 1 unspecified atom stereocenters. The fourth-order valence-corrected chi connectivity index (χ4v) is 4.25. The average Bonchev–Trinajstić information content (AvgIpc) is 2.81. The van der Waals surface area contributed by atoms with Gasteiger partial charge in [0.15, 0.2) is 5.75 Å². The zero-order valence-corrected chi connectivity index (χ0v) is 18.2. The lowest BCUT2D eigenvalue weighted by Gasteiger charge is -2.24. The summed E-state index contributed by atoms with van der Waals surface area (Å²) in [5, 5.41) is 13.4. The maximum absolute atomic E-state index is 13.5. The zero-order valence-electron chi connectivity index (χ0n) is 17.3. The quantitative estimate of drug-likeness (QED) is 0.546. The van der Waals surface area contributed by atoms with Gasteiger partial charge in [-0.25, -0.2) is 4.39 Å². The van der Waals surface area contributed by atoms with Crippen LogP contribution >= 0.6 is 11.8 Å². The van der Waals surface area contributed by atoms with Crippen molar-refractivity contribution in [3.05, 3.63) is 63.8 Å². The number of halogens is 1. The van der Waals surface area contributed by atoms with Gasteiger partial charge in [-0.2, -0.15) is 0 Å². The molecule has 0 radical (unpaired) electrons. The van der Waals surface area contributed by atoms with Gasteiger partial charge in [-0.05, 0) is 36.1 Å². The van der Waals surface area contributed by atoms with Crippen LogP contribution in [0.25, 0.3) is 11.0 Å². The monoisotopic (exact) mass is 459 g/mol. The summed E-state index contributed by atoms with van der Waals surface area (Å²) < 4.78 is 25.9. The average molecular weight is 459 g/mol. The van der Waals surface area contributed by atoms with Gasteiger partial charge in [-0.3, -0.25) is 14.6 Å². The smallest absolute Gasteiger partial charge is 0.267 e. The third-order valence-corrected chi connectivity index (χ3v) is 6.00. The van der Waals surface area contributed by atoms with Gasteiger partial charge < -0.3 is 24.5 Å². The molecule has 2 aromatic heterocycles. The predicted molar refractivity (Wildman–Crippen MR) is 118 cm³/mol. The molecule has 3 heterocycles. The molecule has 168 valence electrons. The second-order valence-electron chi connectivity index (χ2n) is 7.22. The summed E-state index contributed by atoms with van der Waals surface area (Å²) >= 11 is 1.34. The number of fused-ring (bicyclic) bond motifs is 1. The van der Waals surface area contributed by atoms with Crippen molar-refractivity contribution >= 4 is 28.7 Å². The van der Waals surface area contributed by atoms with Crippen molar-refractivity contribution in [3.8, 4) is 5.75 Å². The van der Waals surface area contributed by atoms with Crippen LogP contribution in [0.4, 0.5) is 4.39 Å². The van der Waals surface area contributed by atoms with E-state index in [0.29, 0.717) is 35.8 Å². The number of ether oxygens (including phenoxy) is 2. The Bertz CT molecular complexity index is 1210. The van der Waals surface area contributed by atoms with Gasteiger partial charge >= 0.3 is 0 Å². The number of rotatable bonds is 6. The molecular formula is C22H22FN3O5S. The highest BCUT2D eigenvalue weighted by molar-refractivity contribution is 7.98. The zero-order chi connectivity index (χ0) is 22.7. The molecule has 8 nitrogen and oxygen atoms in total. The number of carbonyl (C=O) groups is 1. The Labute approximate surface area is 187 Å². The fourth-order valence-electron chi connectivity index (χ4n) is 3.62. The Morgan fingerprint density at radius 2 is 2.22 bits per heavy atom. The summed E-state index contributed by atoms with van der Waals surface area (Å²) in [5.41, 5.74) is 0.169. The number of nitrogens with one attached hydrogen (secondary N) is 1. The number of nitrogens with zero attached hydrogens (tertiary/aromatic N) is 2. The van der Waals surface area contributed by atoms with Crippen molar-refractivity contribution in [2.24, 2.45) is 0 Å². The Kier molecular flexibility index (Phi) is 6.73. The van der Waals surface area contributed by atoms with E-state index in [-0.39, 0.29) is 30.5 Å². The molecule has 32 heavy (non-hydrogen) atoms. The Morgan fingerprint density at radius 3 is 2.97 bits per heavy atom. The third-order valence-electron chi connectivity index (χ3n) is 5.18. The van der Waals surface area contributed by atoms with Gasteiger partial charge in [0.05, 0.1) is 38.0 Å². The number of aromatic hydroxyl groups is 1. The molecule has 2 N–H and O–H groups in total. The lowest BCUT2D eigenvalue weighted by molar-refractivity contribution is -0.0935. The van der Waals surface area contributed by atoms with Gasteiger partial charge in [0.1, 0.15) is 16.9 Å². The number of hydrogen-bond acceptors (Lipinski definition) is 7. The second-order valence-corrected chi connectivity index (χ2v) is 8.07. The number of aromatic nitrogens is 2. The van der Waals surface area contributed by atoms with E-state index < -0.39 is 22.8 Å². The molecule has 10 heteroatoms. The van der Waals surface area contributed by atoms with Crippen molar-refractivity contribution in [1.82, 2.24) is 14.9 Å². The molecule has 1 aliphatic heterocycles. The van der Waals surface area contributed by atoms with E-state index in [1.807, 2.05) is 0 Å². The van der Waals surface area contributed by atoms with E-state index in [4.69, 9.17) is 9.47 Å². The molecule has 1 aromatic carbocycles. The first-order chi connectivity index (χ1) is 15.5. The molecule has 1 fully saturated rings. The molecule has 1 aliphatic rings. The lowest BCUT2D eigenvalue weighted by Crippen LogP contribution is -2.38. The first-order valence-corrected chi connectivity index (χ1v) is 11.2. The summed E-state index contributed by atoms with van der Waals surface area (Å²) in [7, 11) is 0. The molecule has 1 saturated heterocycles. The predicted octanol–water partition coefficient (Wildman–Crippen LogP) is 2.31. The molecule has 0 saturated carbocycles. The molecule has 0 spiro atoms. The van der Waals surface area contributed by atoms with Crippen molar-refractivity contribution in [2.45, 2.75) is 24.1 Å². The van der Waals surface area contributed by atoms with Crippen LogP contribution in [0.15, 0.2) is 46.2 Å². The summed E-state index contributed by atoms with van der Waals surface area (Å²) in [6, 6.07) is 7.55. The Balaban J connectivity index is 1.68. The molecule has 1 atom stereocenters. The van der Waals surface area contributed by atoms with Crippen LogP contribution in [0.1, 0.15) is 15.9 Å². The minimum Gasteiger partial charge on any atom is -0.505 e. The van der Waals surface area contributed by atoms with Gasteiger partial charge in [-0.15, -0.1) is 11.8 Å². The van der Waals surface area contributed by atoms with E-state index in [1.165, 1.54) is 34.7 Å². The summed E-state index contributed by atoms with van der Waals surface area (Å²) in [5.74, 6) is -1.60. The maximum Gasteiger partial charge on any atom is 0.267 e. The maximum atomic E-state index is 13.5.